The van der Waals surface area contributed by atoms with Crippen LogP contribution >= 0.6 is 0 Å². The van der Waals surface area contributed by atoms with E-state index in [4.69, 9.17) is 17.2 Å². The van der Waals surface area contributed by atoms with Gasteiger partial charge in [0.1, 0.15) is 18.1 Å². The Labute approximate surface area is 218 Å². The summed E-state index contributed by atoms with van der Waals surface area (Å²) < 4.78 is 0. The van der Waals surface area contributed by atoms with E-state index in [0.29, 0.717) is 5.56 Å². The number of hydrogen-bond donors (Lipinski definition) is 8. The molecule has 0 aliphatic rings. The largest absolute Gasteiger partial charge is 0.480 e. The van der Waals surface area contributed by atoms with Gasteiger partial charge in [0.05, 0.1) is 18.9 Å². The maximum Gasteiger partial charge on any atom is 0.326 e. The zero-order valence-corrected chi connectivity index (χ0v) is 21.0. The van der Waals surface area contributed by atoms with Crippen LogP contribution < -0.4 is 33.2 Å². The van der Waals surface area contributed by atoms with E-state index in [9.17, 15) is 33.9 Å². The number of carboxylic acid groups (broad SMARTS) is 1. The van der Waals surface area contributed by atoms with Gasteiger partial charge >= 0.3 is 5.97 Å². The first-order valence-electron chi connectivity index (χ1n) is 11.8. The summed E-state index contributed by atoms with van der Waals surface area (Å²) in [5.41, 5.74) is 17.3. The number of primary amides is 2. The normalized spacial score (nSPS) is 14.2. The number of H-pyrrole nitrogens is 1. The summed E-state index contributed by atoms with van der Waals surface area (Å²) in [5, 5.41) is 17.4. The lowest BCUT2D eigenvalue weighted by molar-refractivity contribution is -0.143. The zero-order chi connectivity index (χ0) is 28.6. The minimum Gasteiger partial charge on any atom is -0.480 e. The van der Waals surface area contributed by atoms with Gasteiger partial charge in [-0.3, -0.25) is 24.0 Å². The number of rotatable bonds is 14. The molecule has 0 saturated carbocycles. The molecule has 14 nitrogen and oxygen atoms in total. The number of benzene rings is 1. The lowest BCUT2D eigenvalue weighted by Crippen LogP contribution is -2.58. The standard InChI is InChI=1S/C24H33N7O7/c1-11(2)20(24(37)38)31-23(36)16(7-12-10-28-15-6-4-3-5-13(12)15)30-22(35)17(9-19(27)33)29-21(34)14(25)8-18(26)32/h3-6,10-11,14,16-17,20,28H,7-9,25H2,1-2H3,(H2,26,32)(H2,27,33)(H,29,34)(H,30,35)(H,31,36)(H,37,38). The molecule has 0 aliphatic carbocycles. The van der Waals surface area contributed by atoms with Gasteiger partial charge in [0, 0.05) is 23.5 Å². The van der Waals surface area contributed by atoms with E-state index < -0.39 is 78.4 Å². The van der Waals surface area contributed by atoms with Gasteiger partial charge in [0.15, 0.2) is 0 Å². The van der Waals surface area contributed by atoms with E-state index >= 15 is 0 Å². The Morgan fingerprint density at radius 1 is 0.868 bits per heavy atom. The van der Waals surface area contributed by atoms with Crippen molar-refractivity contribution in [2.75, 3.05) is 0 Å². The number of carbonyl (C=O) groups is 6. The number of aliphatic carboxylic acids is 1. The van der Waals surface area contributed by atoms with Crippen LogP contribution in [-0.2, 0) is 35.2 Å². The highest BCUT2D eigenvalue weighted by atomic mass is 16.4. The molecule has 0 aliphatic heterocycles. The van der Waals surface area contributed by atoms with Crippen LogP contribution in [0.15, 0.2) is 30.5 Å². The Morgan fingerprint density at radius 3 is 2.03 bits per heavy atom. The molecule has 38 heavy (non-hydrogen) atoms. The predicted octanol–water partition coefficient (Wildman–Crippen LogP) is -2.02. The van der Waals surface area contributed by atoms with Crippen molar-refractivity contribution in [2.45, 2.75) is 57.3 Å². The molecule has 2 rings (SSSR count). The van der Waals surface area contributed by atoms with Crippen LogP contribution in [0.5, 0.6) is 0 Å². The van der Waals surface area contributed by atoms with Crippen molar-refractivity contribution in [3.8, 4) is 0 Å². The molecule has 0 radical (unpaired) electrons. The van der Waals surface area contributed by atoms with Crippen LogP contribution in [0.1, 0.15) is 32.3 Å². The fourth-order valence-electron chi connectivity index (χ4n) is 3.77. The molecule has 1 aromatic heterocycles. The van der Waals surface area contributed by atoms with Gasteiger partial charge < -0.3 is 43.2 Å². The molecule has 0 bridgehead atoms. The SMILES string of the molecule is CC(C)C(NC(=O)C(Cc1c[nH]c2ccccc12)NC(=O)C(CC(N)=O)NC(=O)C(N)CC(N)=O)C(=O)O. The van der Waals surface area contributed by atoms with Crippen molar-refractivity contribution < 1.29 is 33.9 Å². The van der Waals surface area contributed by atoms with Gasteiger partial charge in [-0.05, 0) is 17.5 Å². The van der Waals surface area contributed by atoms with E-state index in [1.165, 1.54) is 0 Å². The molecule has 5 amide bonds. The van der Waals surface area contributed by atoms with E-state index in [0.717, 1.165) is 10.9 Å². The first-order chi connectivity index (χ1) is 17.8. The third-order valence-corrected chi connectivity index (χ3v) is 5.76. The van der Waals surface area contributed by atoms with Gasteiger partial charge in [0.25, 0.3) is 0 Å². The number of aromatic amines is 1. The van der Waals surface area contributed by atoms with Crippen molar-refractivity contribution in [1.29, 1.82) is 0 Å². The minimum atomic E-state index is -1.53. The molecule has 1 heterocycles. The molecule has 14 heteroatoms. The average molecular weight is 532 g/mol. The molecule has 206 valence electrons. The predicted molar refractivity (Wildman–Crippen MR) is 136 cm³/mol. The topological polar surface area (TPSA) is 253 Å². The summed E-state index contributed by atoms with van der Waals surface area (Å²) in [7, 11) is 0. The highest BCUT2D eigenvalue weighted by Gasteiger charge is 2.32. The van der Waals surface area contributed by atoms with Crippen molar-refractivity contribution in [3.63, 3.8) is 0 Å². The van der Waals surface area contributed by atoms with Crippen LogP contribution in [-0.4, -0.2) is 69.8 Å². The highest BCUT2D eigenvalue weighted by molar-refractivity contribution is 5.97. The molecular weight excluding hydrogens is 498 g/mol. The van der Waals surface area contributed by atoms with Crippen LogP contribution in [0, 0.1) is 5.92 Å². The lowest BCUT2D eigenvalue weighted by Gasteiger charge is -2.25. The number of amides is 5. The molecule has 0 fully saturated rings. The molecule has 0 saturated heterocycles. The smallest absolute Gasteiger partial charge is 0.326 e. The first-order valence-corrected chi connectivity index (χ1v) is 11.8. The summed E-state index contributed by atoms with van der Waals surface area (Å²) in [4.78, 5) is 76.1. The summed E-state index contributed by atoms with van der Waals surface area (Å²) >= 11 is 0. The van der Waals surface area contributed by atoms with Gasteiger partial charge in [0.2, 0.25) is 29.5 Å². The van der Waals surface area contributed by atoms with Gasteiger partial charge in [-0.1, -0.05) is 32.0 Å². The van der Waals surface area contributed by atoms with Crippen molar-refractivity contribution in [1.82, 2.24) is 20.9 Å². The number of aromatic nitrogens is 1. The Hall–Kier alpha value is -4.46. The second-order valence-corrected chi connectivity index (χ2v) is 9.20. The minimum absolute atomic E-state index is 0.0511. The second kappa shape index (κ2) is 13.2. The van der Waals surface area contributed by atoms with Gasteiger partial charge in [-0.15, -0.1) is 0 Å². The number of carboxylic acids is 1. The molecule has 11 N–H and O–H groups in total. The van der Waals surface area contributed by atoms with E-state index in [1.807, 2.05) is 18.2 Å². The van der Waals surface area contributed by atoms with Crippen LogP contribution in [0.3, 0.4) is 0 Å². The molecular formula is C24H33N7O7. The molecule has 2 aromatic rings. The maximum atomic E-state index is 13.2. The number of para-hydroxylation sites is 1. The lowest BCUT2D eigenvalue weighted by atomic mass is 10.0. The molecule has 4 atom stereocenters. The number of nitrogens with one attached hydrogen (secondary N) is 4. The Morgan fingerprint density at radius 2 is 1.45 bits per heavy atom. The summed E-state index contributed by atoms with van der Waals surface area (Å²) in [6, 6.07) is 1.78. The molecule has 0 spiro atoms. The fourth-order valence-corrected chi connectivity index (χ4v) is 3.77. The second-order valence-electron chi connectivity index (χ2n) is 9.20. The number of nitrogens with two attached hydrogens (primary N) is 3. The van der Waals surface area contributed by atoms with Crippen LogP contribution in [0.4, 0.5) is 0 Å². The van der Waals surface area contributed by atoms with Crippen molar-refractivity contribution in [2.24, 2.45) is 23.1 Å². The van der Waals surface area contributed by atoms with E-state index in [1.54, 1.807) is 26.1 Å². The number of fused-ring (bicyclic) bond motifs is 1. The quantitative estimate of drug-likeness (QED) is 0.135. The zero-order valence-electron chi connectivity index (χ0n) is 21.0. The van der Waals surface area contributed by atoms with Crippen LogP contribution in [0.2, 0.25) is 0 Å². The van der Waals surface area contributed by atoms with Crippen molar-refractivity contribution >= 4 is 46.4 Å². The Balaban J connectivity index is 2.33. The molecule has 4 unspecified atom stereocenters. The Kier molecular flexibility index (Phi) is 10.3. The summed E-state index contributed by atoms with van der Waals surface area (Å²) in [6.07, 6.45) is 0.463. The van der Waals surface area contributed by atoms with Crippen LogP contribution in [0.25, 0.3) is 10.9 Å². The van der Waals surface area contributed by atoms with Gasteiger partial charge in [-0.2, -0.15) is 0 Å². The maximum absolute atomic E-state index is 13.2. The monoisotopic (exact) mass is 531 g/mol. The van der Waals surface area contributed by atoms with Gasteiger partial charge in [-0.25, -0.2) is 4.79 Å². The summed E-state index contributed by atoms with van der Waals surface area (Å²) in [5.74, 6) is -6.18. The fraction of sp³-hybridized carbons (Fsp3) is 0.417. The van der Waals surface area contributed by atoms with Crippen molar-refractivity contribution in [3.05, 3.63) is 36.0 Å². The third kappa shape index (κ3) is 8.30. The number of hydrogen-bond acceptors (Lipinski definition) is 7. The molecule has 1 aromatic carbocycles. The van der Waals surface area contributed by atoms with E-state index in [-0.39, 0.29) is 6.42 Å². The van der Waals surface area contributed by atoms with E-state index in [2.05, 4.69) is 20.9 Å². The Bertz CT molecular complexity index is 1210. The highest BCUT2D eigenvalue weighted by Crippen LogP contribution is 2.19. The first kappa shape index (κ1) is 29.8. The summed E-state index contributed by atoms with van der Waals surface area (Å²) in [6.45, 7) is 3.22. The number of carbonyl (C=O) groups excluding carboxylic acids is 5. The average Bonchev–Trinajstić information content (AvgIpc) is 3.23. The third-order valence-electron chi connectivity index (χ3n) is 5.76.